The Bertz CT molecular complexity index is 659. The van der Waals surface area contributed by atoms with E-state index in [2.05, 4.69) is 15.9 Å². The predicted octanol–water partition coefficient (Wildman–Crippen LogP) is 4.77. The van der Waals surface area contributed by atoms with E-state index in [9.17, 15) is 8.78 Å². The van der Waals surface area contributed by atoms with E-state index in [0.717, 1.165) is 17.2 Å². The molecule has 0 saturated carbocycles. The van der Waals surface area contributed by atoms with Crippen molar-refractivity contribution in [1.29, 1.82) is 0 Å². The van der Waals surface area contributed by atoms with Crippen molar-refractivity contribution in [2.24, 2.45) is 0 Å². The molecule has 0 saturated heterocycles. The van der Waals surface area contributed by atoms with Crippen molar-refractivity contribution in [3.63, 3.8) is 0 Å². The largest absolute Gasteiger partial charge is 0.493 e. The molecule has 0 bridgehead atoms. The van der Waals surface area contributed by atoms with Crippen LogP contribution in [0.4, 0.5) is 8.78 Å². The molecule has 0 fully saturated rings. The van der Waals surface area contributed by atoms with Gasteiger partial charge in [0.05, 0.1) is 19.0 Å². The Labute approximate surface area is 130 Å². The van der Waals surface area contributed by atoms with E-state index in [1.165, 1.54) is 6.07 Å². The van der Waals surface area contributed by atoms with Crippen molar-refractivity contribution in [2.45, 2.75) is 11.8 Å². The molecule has 1 atom stereocenters. The summed E-state index contributed by atoms with van der Waals surface area (Å²) in [5.74, 6) is -0.508. The lowest BCUT2D eigenvalue weighted by Crippen LogP contribution is -2.00. The Hall–Kier alpha value is -1.62. The fraction of sp³-hybridized carbons (Fsp3) is 0.250. The number of hydrogen-bond acceptors (Lipinski definition) is 2. The lowest BCUT2D eigenvalue weighted by Gasteiger charge is -2.17. The van der Waals surface area contributed by atoms with Crippen molar-refractivity contribution in [2.75, 3.05) is 14.2 Å². The summed E-state index contributed by atoms with van der Waals surface area (Å²) < 4.78 is 36.9. The summed E-state index contributed by atoms with van der Waals surface area (Å²) in [5.41, 5.74) is 2.49. The van der Waals surface area contributed by atoms with Crippen LogP contribution in [0.3, 0.4) is 0 Å². The summed E-state index contributed by atoms with van der Waals surface area (Å²) in [7, 11) is 3.12. The van der Waals surface area contributed by atoms with E-state index in [1.807, 2.05) is 19.1 Å². The van der Waals surface area contributed by atoms with Gasteiger partial charge >= 0.3 is 0 Å². The summed E-state index contributed by atoms with van der Waals surface area (Å²) in [6.45, 7) is 1.92. The lowest BCUT2D eigenvalue weighted by molar-refractivity contribution is 0.354. The molecule has 21 heavy (non-hydrogen) atoms. The summed E-state index contributed by atoms with van der Waals surface area (Å²) in [5, 5.41) is 0. The Kier molecular flexibility index (Phi) is 4.83. The highest BCUT2D eigenvalue weighted by Crippen LogP contribution is 2.39. The van der Waals surface area contributed by atoms with Gasteiger partial charge in [-0.2, -0.15) is 0 Å². The number of methoxy groups -OCH3 is 2. The van der Waals surface area contributed by atoms with Crippen LogP contribution in [0.5, 0.6) is 11.5 Å². The van der Waals surface area contributed by atoms with Gasteiger partial charge in [0.2, 0.25) is 0 Å². The van der Waals surface area contributed by atoms with Crippen LogP contribution in [0.25, 0.3) is 0 Å². The molecule has 5 heteroatoms. The monoisotopic (exact) mass is 356 g/mol. The number of aryl methyl sites for hydroxylation is 1. The Balaban J connectivity index is 2.47. The van der Waals surface area contributed by atoms with Gasteiger partial charge in [0.15, 0.2) is 23.1 Å². The molecule has 2 nitrogen and oxygen atoms in total. The molecule has 1 unspecified atom stereocenters. The van der Waals surface area contributed by atoms with E-state index in [4.69, 9.17) is 9.47 Å². The van der Waals surface area contributed by atoms with E-state index >= 15 is 0 Å². The zero-order valence-electron chi connectivity index (χ0n) is 11.9. The maximum Gasteiger partial charge on any atom is 0.161 e. The summed E-state index contributed by atoms with van der Waals surface area (Å²) in [6.07, 6.45) is 0. The molecule has 2 aromatic rings. The van der Waals surface area contributed by atoms with Gasteiger partial charge in [-0.25, -0.2) is 8.78 Å². The van der Waals surface area contributed by atoms with Crippen LogP contribution >= 0.6 is 15.9 Å². The molecule has 0 spiro atoms. The smallest absolute Gasteiger partial charge is 0.161 e. The summed E-state index contributed by atoms with van der Waals surface area (Å²) in [6, 6.07) is 7.53. The molecule has 0 heterocycles. The Morgan fingerprint density at radius 3 is 2.14 bits per heavy atom. The fourth-order valence-electron chi connectivity index (χ4n) is 2.12. The lowest BCUT2D eigenvalue weighted by atomic mass is 9.99. The maximum atomic E-state index is 13.4. The van der Waals surface area contributed by atoms with Gasteiger partial charge in [-0.05, 0) is 47.9 Å². The van der Waals surface area contributed by atoms with Crippen LogP contribution in [-0.2, 0) is 0 Å². The third-order valence-corrected chi connectivity index (χ3v) is 4.30. The highest BCUT2D eigenvalue weighted by molar-refractivity contribution is 9.09. The molecule has 2 rings (SSSR count). The molecule has 0 N–H and O–H groups in total. The van der Waals surface area contributed by atoms with Gasteiger partial charge in [-0.15, -0.1) is 0 Å². The number of hydrogen-bond donors (Lipinski definition) is 0. The van der Waals surface area contributed by atoms with Crippen molar-refractivity contribution in [1.82, 2.24) is 0 Å². The number of benzene rings is 2. The number of rotatable bonds is 4. The molecular formula is C16H15BrF2O2. The molecule has 0 aromatic heterocycles. The van der Waals surface area contributed by atoms with Crippen molar-refractivity contribution < 1.29 is 18.3 Å². The number of alkyl halides is 1. The van der Waals surface area contributed by atoms with Crippen molar-refractivity contribution in [3.8, 4) is 11.5 Å². The molecule has 2 aromatic carbocycles. The molecule has 0 amide bonds. The number of halogens is 3. The normalized spacial score (nSPS) is 12.1. The van der Waals surface area contributed by atoms with Gasteiger partial charge in [-0.3, -0.25) is 0 Å². The fourth-order valence-corrected chi connectivity index (χ4v) is 2.90. The molecule has 0 aliphatic rings. The zero-order valence-corrected chi connectivity index (χ0v) is 13.5. The minimum atomic E-state index is -0.866. The summed E-state index contributed by atoms with van der Waals surface area (Å²) in [4.78, 5) is -0.271. The SMILES string of the molecule is COc1cc(C)c(C(Br)c2ccc(F)c(F)c2)cc1OC. The van der Waals surface area contributed by atoms with Gasteiger partial charge in [0.25, 0.3) is 0 Å². The molecule has 0 radical (unpaired) electrons. The third-order valence-electron chi connectivity index (χ3n) is 3.28. The quantitative estimate of drug-likeness (QED) is 0.734. The van der Waals surface area contributed by atoms with E-state index in [0.29, 0.717) is 17.1 Å². The average Bonchev–Trinajstić information content (AvgIpc) is 2.49. The van der Waals surface area contributed by atoms with Crippen LogP contribution in [0.1, 0.15) is 21.5 Å². The Morgan fingerprint density at radius 2 is 1.57 bits per heavy atom. The first-order valence-corrected chi connectivity index (χ1v) is 7.21. The first kappa shape index (κ1) is 15.8. The van der Waals surface area contributed by atoms with Crippen LogP contribution in [-0.4, -0.2) is 14.2 Å². The van der Waals surface area contributed by atoms with E-state index in [1.54, 1.807) is 20.3 Å². The van der Waals surface area contributed by atoms with Crippen LogP contribution in [0, 0.1) is 18.6 Å². The van der Waals surface area contributed by atoms with Crippen molar-refractivity contribution in [3.05, 3.63) is 58.7 Å². The molecule has 0 aliphatic heterocycles. The first-order chi connectivity index (χ1) is 9.97. The van der Waals surface area contributed by atoms with Crippen LogP contribution in [0.2, 0.25) is 0 Å². The molecule has 0 aliphatic carbocycles. The minimum absolute atomic E-state index is 0.271. The van der Waals surface area contributed by atoms with Gasteiger partial charge in [-0.1, -0.05) is 22.0 Å². The van der Waals surface area contributed by atoms with E-state index in [-0.39, 0.29) is 4.83 Å². The van der Waals surface area contributed by atoms with E-state index < -0.39 is 11.6 Å². The maximum absolute atomic E-state index is 13.4. The second-order valence-corrected chi connectivity index (χ2v) is 5.52. The summed E-state index contributed by atoms with van der Waals surface area (Å²) >= 11 is 3.53. The van der Waals surface area contributed by atoms with Gasteiger partial charge in [0, 0.05) is 0 Å². The minimum Gasteiger partial charge on any atom is -0.493 e. The molecular weight excluding hydrogens is 342 g/mol. The van der Waals surface area contributed by atoms with Gasteiger partial charge < -0.3 is 9.47 Å². The topological polar surface area (TPSA) is 18.5 Å². The molecule has 112 valence electrons. The predicted molar refractivity (Wildman–Crippen MR) is 81.4 cm³/mol. The second kappa shape index (κ2) is 6.43. The highest BCUT2D eigenvalue weighted by Gasteiger charge is 2.18. The van der Waals surface area contributed by atoms with Crippen molar-refractivity contribution >= 4 is 15.9 Å². The second-order valence-electron chi connectivity index (χ2n) is 4.60. The van der Waals surface area contributed by atoms with Gasteiger partial charge in [0.1, 0.15) is 0 Å². The number of ether oxygens (including phenoxy) is 2. The average molecular weight is 357 g/mol. The Morgan fingerprint density at radius 1 is 0.952 bits per heavy atom. The van der Waals surface area contributed by atoms with Crippen LogP contribution < -0.4 is 9.47 Å². The first-order valence-electron chi connectivity index (χ1n) is 6.29. The standard InChI is InChI=1S/C16H15BrF2O2/c1-9-6-14(20-2)15(21-3)8-11(9)16(17)10-4-5-12(18)13(19)7-10/h4-8,16H,1-3H3. The third kappa shape index (κ3) is 3.18. The highest BCUT2D eigenvalue weighted by atomic mass is 79.9. The zero-order chi connectivity index (χ0) is 15.6. The van der Waals surface area contributed by atoms with Crippen LogP contribution in [0.15, 0.2) is 30.3 Å².